The molecule has 198 valence electrons. The number of hydrogen-bond acceptors (Lipinski definition) is 4. The molecule has 1 aliphatic rings. The third-order valence-corrected chi connectivity index (χ3v) is 6.94. The average Bonchev–Trinajstić information content (AvgIpc) is 3.11. The zero-order valence-electron chi connectivity index (χ0n) is 22.7. The molecule has 1 heterocycles. The lowest BCUT2D eigenvalue weighted by Gasteiger charge is -2.25. The summed E-state index contributed by atoms with van der Waals surface area (Å²) in [6, 6.07) is 23.4. The quantitative estimate of drug-likeness (QED) is 0.290. The summed E-state index contributed by atoms with van der Waals surface area (Å²) in [7, 11) is 0. The molecule has 1 aliphatic heterocycles. The molecular formula is C32H36N2O4. The number of nitrogens with one attached hydrogen (secondary N) is 2. The summed E-state index contributed by atoms with van der Waals surface area (Å²) < 4.78 is 5.86. The van der Waals surface area contributed by atoms with Gasteiger partial charge in [0.15, 0.2) is 0 Å². The Labute approximate surface area is 224 Å². The topological polar surface area (TPSA) is 87.7 Å². The maximum Gasteiger partial charge on any atom is 0.264 e. The zero-order valence-corrected chi connectivity index (χ0v) is 22.7. The molecule has 0 spiro atoms. The number of aliphatic hydroxyl groups excluding tert-OH is 1. The fourth-order valence-corrected chi connectivity index (χ4v) is 4.82. The van der Waals surface area contributed by atoms with Crippen molar-refractivity contribution >= 4 is 17.5 Å². The van der Waals surface area contributed by atoms with Gasteiger partial charge < -0.3 is 20.5 Å². The summed E-state index contributed by atoms with van der Waals surface area (Å²) in [6.45, 7) is 10.4. The highest BCUT2D eigenvalue weighted by molar-refractivity contribution is 6.25. The lowest BCUT2D eigenvalue weighted by atomic mass is 9.91. The second kappa shape index (κ2) is 11.1. The first kappa shape index (κ1) is 27.0. The zero-order chi connectivity index (χ0) is 27.4. The van der Waals surface area contributed by atoms with Gasteiger partial charge in [0.2, 0.25) is 0 Å². The summed E-state index contributed by atoms with van der Waals surface area (Å²) in [5.74, 6) is -0.370. The maximum absolute atomic E-state index is 13.4. The Balaban J connectivity index is 1.51. The maximum atomic E-state index is 13.4. The number of amides is 2. The number of carbonyl (C=O) groups is 2. The van der Waals surface area contributed by atoms with Crippen molar-refractivity contribution in [1.82, 2.24) is 5.32 Å². The Morgan fingerprint density at radius 2 is 1.50 bits per heavy atom. The highest BCUT2D eigenvalue weighted by atomic mass is 16.5. The molecule has 1 atom stereocenters. The molecule has 0 fully saturated rings. The van der Waals surface area contributed by atoms with Gasteiger partial charge in [0.25, 0.3) is 11.8 Å². The fourth-order valence-electron chi connectivity index (χ4n) is 4.82. The highest BCUT2D eigenvalue weighted by Gasteiger charge is 2.44. The average molecular weight is 513 g/mol. The van der Waals surface area contributed by atoms with Crippen molar-refractivity contribution in [3.8, 4) is 5.75 Å². The summed E-state index contributed by atoms with van der Waals surface area (Å²) >= 11 is 0. The Hall–Kier alpha value is -4.06. The van der Waals surface area contributed by atoms with Gasteiger partial charge in [-0.3, -0.25) is 9.59 Å². The largest absolute Gasteiger partial charge is 0.509 e. The number of anilines is 1. The van der Waals surface area contributed by atoms with E-state index in [0.717, 1.165) is 28.0 Å². The molecule has 4 rings (SSSR count). The molecule has 0 saturated heterocycles. The van der Waals surface area contributed by atoms with Crippen molar-refractivity contribution in [3.05, 3.63) is 106 Å². The van der Waals surface area contributed by atoms with Gasteiger partial charge in [0.05, 0.1) is 5.54 Å². The summed E-state index contributed by atoms with van der Waals surface area (Å²) in [6.07, 6.45) is 0.320. The van der Waals surface area contributed by atoms with E-state index in [1.165, 1.54) is 0 Å². The molecule has 0 bridgehead atoms. The van der Waals surface area contributed by atoms with E-state index in [1.807, 2.05) is 72.8 Å². The molecule has 0 aliphatic carbocycles. The van der Waals surface area contributed by atoms with Crippen LogP contribution in [-0.2, 0) is 22.6 Å². The van der Waals surface area contributed by atoms with Crippen LogP contribution in [0.4, 0.5) is 5.69 Å². The second-order valence-electron chi connectivity index (χ2n) is 10.7. The smallest absolute Gasteiger partial charge is 0.264 e. The molecule has 3 aromatic rings. The van der Waals surface area contributed by atoms with Gasteiger partial charge >= 0.3 is 0 Å². The minimum Gasteiger partial charge on any atom is -0.509 e. The van der Waals surface area contributed by atoms with Gasteiger partial charge in [-0.15, -0.1) is 0 Å². The number of rotatable bonds is 9. The number of carbonyl (C=O) groups excluding carboxylic acids is 2. The van der Waals surface area contributed by atoms with E-state index in [0.29, 0.717) is 18.7 Å². The summed E-state index contributed by atoms with van der Waals surface area (Å²) in [5, 5.41) is 16.9. The molecule has 1 unspecified atom stereocenters. The van der Waals surface area contributed by atoms with Crippen LogP contribution in [0.3, 0.4) is 0 Å². The molecule has 0 saturated carbocycles. The monoisotopic (exact) mass is 512 g/mol. The van der Waals surface area contributed by atoms with Crippen LogP contribution in [0.25, 0.3) is 0 Å². The molecule has 3 N–H and O–H groups in total. The number of aliphatic hydroxyl groups is 1. The van der Waals surface area contributed by atoms with Crippen LogP contribution in [0.1, 0.15) is 68.7 Å². The van der Waals surface area contributed by atoms with Crippen LogP contribution in [0.5, 0.6) is 5.75 Å². The standard InChI is InChI=1S/C32H36N2O4/c1-20(2)25-12-9-13-26(21(3)4)28(25)33-30(36)27-29(35)32(5,34-31(27)37)18-22-14-16-24(17-15-22)38-19-23-10-7-6-8-11-23/h6-17,20-21,35H,18-19H2,1-5H3,(H,33,36)(H,34,37). The predicted octanol–water partition coefficient (Wildman–Crippen LogP) is 6.39. The first-order valence-corrected chi connectivity index (χ1v) is 13.0. The second-order valence-corrected chi connectivity index (χ2v) is 10.7. The molecule has 0 radical (unpaired) electrons. The first-order chi connectivity index (χ1) is 18.1. The van der Waals surface area contributed by atoms with E-state index in [9.17, 15) is 14.7 Å². The Kier molecular flexibility index (Phi) is 7.91. The molecule has 3 aromatic carbocycles. The Morgan fingerprint density at radius 3 is 2.08 bits per heavy atom. The number of para-hydroxylation sites is 1. The third-order valence-electron chi connectivity index (χ3n) is 6.94. The minimum absolute atomic E-state index is 0.175. The van der Waals surface area contributed by atoms with Crippen molar-refractivity contribution in [2.24, 2.45) is 0 Å². The van der Waals surface area contributed by atoms with Gasteiger partial charge in [-0.2, -0.15) is 0 Å². The Bertz CT molecular complexity index is 1320. The molecular weight excluding hydrogens is 476 g/mol. The van der Waals surface area contributed by atoms with Crippen molar-refractivity contribution < 1.29 is 19.4 Å². The third kappa shape index (κ3) is 5.75. The SMILES string of the molecule is CC(C)c1cccc(C(C)C)c1NC(=O)C1=C(O)C(C)(Cc2ccc(OCc3ccccc3)cc2)NC1=O. The first-order valence-electron chi connectivity index (χ1n) is 13.0. The number of hydrogen-bond donors (Lipinski definition) is 3. The van der Waals surface area contributed by atoms with E-state index >= 15 is 0 Å². The fraction of sp³-hybridized carbons (Fsp3) is 0.312. The van der Waals surface area contributed by atoms with Crippen LogP contribution in [0.2, 0.25) is 0 Å². The van der Waals surface area contributed by atoms with Gasteiger partial charge in [0, 0.05) is 12.1 Å². The van der Waals surface area contributed by atoms with Gasteiger partial charge in [0.1, 0.15) is 23.7 Å². The molecule has 38 heavy (non-hydrogen) atoms. The number of ether oxygens (including phenoxy) is 1. The predicted molar refractivity (Wildman–Crippen MR) is 150 cm³/mol. The van der Waals surface area contributed by atoms with E-state index in [2.05, 4.69) is 38.3 Å². The van der Waals surface area contributed by atoms with Crippen LogP contribution < -0.4 is 15.4 Å². The van der Waals surface area contributed by atoms with E-state index < -0.39 is 17.4 Å². The van der Waals surface area contributed by atoms with Crippen molar-refractivity contribution in [2.45, 2.75) is 65.0 Å². The van der Waals surface area contributed by atoms with Crippen LogP contribution >= 0.6 is 0 Å². The molecule has 6 heteroatoms. The molecule has 2 amide bonds. The molecule has 6 nitrogen and oxygen atoms in total. The summed E-state index contributed by atoms with van der Waals surface area (Å²) in [4.78, 5) is 26.3. The van der Waals surface area contributed by atoms with Crippen LogP contribution in [0, 0.1) is 0 Å². The van der Waals surface area contributed by atoms with E-state index in [-0.39, 0.29) is 23.2 Å². The van der Waals surface area contributed by atoms with Crippen molar-refractivity contribution in [1.29, 1.82) is 0 Å². The summed E-state index contributed by atoms with van der Waals surface area (Å²) in [5.41, 5.74) is 3.30. The van der Waals surface area contributed by atoms with Gasteiger partial charge in [-0.1, -0.05) is 88.4 Å². The van der Waals surface area contributed by atoms with Crippen molar-refractivity contribution in [3.63, 3.8) is 0 Å². The lowest BCUT2D eigenvalue weighted by Crippen LogP contribution is -2.43. The van der Waals surface area contributed by atoms with Gasteiger partial charge in [-0.25, -0.2) is 0 Å². The van der Waals surface area contributed by atoms with Crippen molar-refractivity contribution in [2.75, 3.05) is 5.32 Å². The van der Waals surface area contributed by atoms with E-state index in [1.54, 1.807) is 6.92 Å². The normalized spacial score (nSPS) is 17.2. The van der Waals surface area contributed by atoms with Gasteiger partial charge in [-0.05, 0) is 53.1 Å². The van der Waals surface area contributed by atoms with Crippen LogP contribution in [0.15, 0.2) is 84.1 Å². The number of benzene rings is 3. The van der Waals surface area contributed by atoms with Crippen LogP contribution in [-0.4, -0.2) is 22.5 Å². The highest BCUT2D eigenvalue weighted by Crippen LogP contribution is 2.34. The Morgan fingerprint density at radius 1 is 0.895 bits per heavy atom. The minimum atomic E-state index is -1.10. The lowest BCUT2D eigenvalue weighted by molar-refractivity contribution is -0.121. The molecule has 0 aromatic heterocycles. The van der Waals surface area contributed by atoms with E-state index in [4.69, 9.17) is 4.74 Å².